The SMILES string of the molecule is CC(C)C(NC(=O)Cn1cnc2scc(-c3ccccc3)c2c1=O)c1ccc2c(c1)OCCO2. The average Bonchev–Trinajstić information content (AvgIpc) is 3.29. The highest BCUT2D eigenvalue weighted by Gasteiger charge is 2.22. The topological polar surface area (TPSA) is 82.5 Å². The number of nitrogens with zero attached hydrogens (tertiary/aromatic N) is 2. The molecule has 1 atom stereocenters. The first-order chi connectivity index (χ1) is 16.5. The Morgan fingerprint density at radius 1 is 1.12 bits per heavy atom. The molecular weight excluding hydrogens is 450 g/mol. The van der Waals surface area contributed by atoms with Gasteiger partial charge in [-0.2, -0.15) is 0 Å². The summed E-state index contributed by atoms with van der Waals surface area (Å²) in [5, 5.41) is 5.56. The molecule has 4 aromatic rings. The van der Waals surface area contributed by atoms with Crippen LogP contribution in [-0.2, 0) is 11.3 Å². The lowest BCUT2D eigenvalue weighted by molar-refractivity contribution is -0.122. The van der Waals surface area contributed by atoms with Gasteiger partial charge in [-0.15, -0.1) is 11.3 Å². The molecule has 1 aliphatic rings. The molecule has 2 aromatic heterocycles. The number of nitrogens with one attached hydrogen (secondary N) is 1. The molecule has 0 fully saturated rings. The average molecular weight is 476 g/mol. The predicted octanol–water partition coefficient (Wildman–Crippen LogP) is 4.41. The first-order valence-electron chi connectivity index (χ1n) is 11.2. The smallest absolute Gasteiger partial charge is 0.263 e. The minimum atomic E-state index is -0.256. The predicted molar refractivity (Wildman–Crippen MR) is 132 cm³/mol. The van der Waals surface area contributed by atoms with Crippen molar-refractivity contribution < 1.29 is 14.3 Å². The first-order valence-corrected chi connectivity index (χ1v) is 12.1. The Kier molecular flexibility index (Phi) is 6.06. The third-order valence-corrected chi connectivity index (χ3v) is 6.75. The van der Waals surface area contributed by atoms with Crippen LogP contribution in [0.1, 0.15) is 25.5 Å². The molecule has 1 aliphatic heterocycles. The molecule has 1 amide bonds. The summed E-state index contributed by atoms with van der Waals surface area (Å²) in [6, 6.07) is 15.2. The summed E-state index contributed by atoms with van der Waals surface area (Å²) in [7, 11) is 0. The fraction of sp³-hybridized carbons (Fsp3) is 0.269. The van der Waals surface area contributed by atoms with Crippen LogP contribution in [0.15, 0.2) is 65.0 Å². The Morgan fingerprint density at radius 2 is 1.88 bits per heavy atom. The van der Waals surface area contributed by atoms with Crippen LogP contribution in [-0.4, -0.2) is 28.7 Å². The van der Waals surface area contributed by atoms with Crippen LogP contribution in [0, 0.1) is 5.92 Å². The van der Waals surface area contributed by atoms with E-state index in [1.54, 1.807) is 0 Å². The quantitative estimate of drug-likeness (QED) is 0.447. The van der Waals surface area contributed by atoms with Crippen molar-refractivity contribution in [3.05, 3.63) is 76.2 Å². The van der Waals surface area contributed by atoms with Gasteiger partial charge in [0.1, 0.15) is 24.6 Å². The number of thiophene rings is 1. The van der Waals surface area contributed by atoms with E-state index >= 15 is 0 Å². The highest BCUT2D eigenvalue weighted by molar-refractivity contribution is 7.17. The first kappa shape index (κ1) is 22.2. The minimum absolute atomic E-state index is 0.111. The molecule has 1 unspecified atom stereocenters. The molecule has 34 heavy (non-hydrogen) atoms. The van der Waals surface area contributed by atoms with Gasteiger partial charge in [0.05, 0.1) is 17.8 Å². The monoisotopic (exact) mass is 475 g/mol. The van der Waals surface area contributed by atoms with Crippen LogP contribution in [0.2, 0.25) is 0 Å². The largest absolute Gasteiger partial charge is 0.486 e. The Hall–Kier alpha value is -3.65. The van der Waals surface area contributed by atoms with E-state index in [2.05, 4.69) is 10.3 Å². The summed E-state index contributed by atoms with van der Waals surface area (Å²) in [5.74, 6) is 1.26. The van der Waals surface area contributed by atoms with Gasteiger partial charge in [0.25, 0.3) is 5.56 Å². The number of carbonyl (C=O) groups is 1. The zero-order valence-electron chi connectivity index (χ0n) is 19.0. The van der Waals surface area contributed by atoms with E-state index < -0.39 is 0 Å². The van der Waals surface area contributed by atoms with Crippen molar-refractivity contribution in [1.29, 1.82) is 0 Å². The van der Waals surface area contributed by atoms with E-state index in [1.165, 1.54) is 22.2 Å². The van der Waals surface area contributed by atoms with Gasteiger partial charge in [0.15, 0.2) is 11.5 Å². The van der Waals surface area contributed by atoms with Crippen molar-refractivity contribution in [2.75, 3.05) is 13.2 Å². The van der Waals surface area contributed by atoms with E-state index in [0.717, 1.165) is 16.7 Å². The highest BCUT2D eigenvalue weighted by atomic mass is 32.1. The zero-order valence-corrected chi connectivity index (χ0v) is 19.8. The molecule has 3 heterocycles. The third kappa shape index (κ3) is 4.28. The lowest BCUT2D eigenvalue weighted by atomic mass is 9.95. The Bertz CT molecular complexity index is 1390. The lowest BCUT2D eigenvalue weighted by Gasteiger charge is -2.25. The van der Waals surface area contributed by atoms with Crippen LogP contribution < -0.4 is 20.3 Å². The van der Waals surface area contributed by atoms with E-state index in [1.807, 2.05) is 67.8 Å². The number of hydrogen-bond donors (Lipinski definition) is 1. The van der Waals surface area contributed by atoms with Gasteiger partial charge in [-0.05, 0) is 29.2 Å². The fourth-order valence-electron chi connectivity index (χ4n) is 4.17. The van der Waals surface area contributed by atoms with E-state index in [-0.39, 0.29) is 30.0 Å². The zero-order chi connectivity index (χ0) is 23.7. The summed E-state index contributed by atoms with van der Waals surface area (Å²) in [4.78, 5) is 31.4. The van der Waals surface area contributed by atoms with E-state index in [9.17, 15) is 9.59 Å². The second kappa shape index (κ2) is 9.30. The summed E-state index contributed by atoms with van der Waals surface area (Å²) < 4.78 is 12.7. The molecule has 0 saturated heterocycles. The molecule has 0 bridgehead atoms. The lowest BCUT2D eigenvalue weighted by Crippen LogP contribution is -2.36. The van der Waals surface area contributed by atoms with Gasteiger partial charge >= 0.3 is 0 Å². The van der Waals surface area contributed by atoms with Crippen LogP contribution in [0.5, 0.6) is 11.5 Å². The van der Waals surface area contributed by atoms with Crippen LogP contribution >= 0.6 is 11.3 Å². The van der Waals surface area contributed by atoms with E-state index in [0.29, 0.717) is 34.9 Å². The van der Waals surface area contributed by atoms with Crippen molar-refractivity contribution in [2.24, 2.45) is 5.92 Å². The summed E-state index contributed by atoms with van der Waals surface area (Å²) in [6.45, 7) is 5.00. The van der Waals surface area contributed by atoms with Gasteiger partial charge in [0, 0.05) is 10.9 Å². The second-order valence-electron chi connectivity index (χ2n) is 8.57. The Balaban J connectivity index is 1.40. The maximum absolute atomic E-state index is 13.3. The van der Waals surface area contributed by atoms with Crippen molar-refractivity contribution >= 4 is 27.5 Å². The number of hydrogen-bond acceptors (Lipinski definition) is 6. The minimum Gasteiger partial charge on any atom is -0.486 e. The molecule has 8 heteroatoms. The molecule has 7 nitrogen and oxygen atoms in total. The molecular formula is C26H25N3O4S. The van der Waals surface area contributed by atoms with Crippen molar-refractivity contribution in [3.63, 3.8) is 0 Å². The van der Waals surface area contributed by atoms with Crippen LogP contribution in [0.3, 0.4) is 0 Å². The molecule has 174 valence electrons. The number of amides is 1. The standard InChI is InChI=1S/C26H25N3O4S/c1-16(2)24(18-8-9-20-21(12-18)33-11-10-32-20)28-22(30)13-29-15-27-25-23(26(29)31)19(14-34-25)17-6-4-3-5-7-17/h3-9,12,14-16,24H,10-11,13H2,1-2H3,(H,28,30). The number of aromatic nitrogens is 2. The van der Waals surface area contributed by atoms with Crippen molar-refractivity contribution in [3.8, 4) is 22.6 Å². The second-order valence-corrected chi connectivity index (χ2v) is 9.42. The molecule has 2 aromatic carbocycles. The van der Waals surface area contributed by atoms with Crippen molar-refractivity contribution in [1.82, 2.24) is 14.9 Å². The van der Waals surface area contributed by atoms with Crippen LogP contribution in [0.4, 0.5) is 0 Å². The van der Waals surface area contributed by atoms with Gasteiger partial charge in [-0.25, -0.2) is 4.98 Å². The normalized spacial score (nSPS) is 13.7. The molecule has 0 radical (unpaired) electrons. The maximum atomic E-state index is 13.3. The fourth-order valence-corrected chi connectivity index (χ4v) is 5.08. The number of ether oxygens (including phenoxy) is 2. The summed E-state index contributed by atoms with van der Waals surface area (Å²) >= 11 is 1.43. The van der Waals surface area contributed by atoms with Gasteiger partial charge in [-0.1, -0.05) is 50.2 Å². The number of carbonyl (C=O) groups excluding carboxylic acids is 1. The summed E-state index contributed by atoms with van der Waals surface area (Å²) in [5.41, 5.74) is 2.50. The molecule has 0 saturated carbocycles. The van der Waals surface area contributed by atoms with Gasteiger partial charge < -0.3 is 14.8 Å². The van der Waals surface area contributed by atoms with Crippen LogP contribution in [0.25, 0.3) is 21.3 Å². The molecule has 1 N–H and O–H groups in total. The maximum Gasteiger partial charge on any atom is 0.263 e. The molecule has 0 aliphatic carbocycles. The summed E-state index contributed by atoms with van der Waals surface area (Å²) in [6.07, 6.45) is 1.45. The van der Waals surface area contributed by atoms with E-state index in [4.69, 9.17) is 9.47 Å². The Labute approximate surface area is 201 Å². The van der Waals surface area contributed by atoms with Crippen molar-refractivity contribution in [2.45, 2.75) is 26.4 Å². The van der Waals surface area contributed by atoms with Gasteiger partial charge in [-0.3, -0.25) is 14.2 Å². The number of benzene rings is 2. The third-order valence-electron chi connectivity index (χ3n) is 5.87. The number of fused-ring (bicyclic) bond motifs is 2. The number of rotatable bonds is 6. The molecule has 5 rings (SSSR count). The Morgan fingerprint density at radius 3 is 2.65 bits per heavy atom. The highest BCUT2D eigenvalue weighted by Crippen LogP contribution is 2.34. The molecule has 0 spiro atoms. The van der Waals surface area contributed by atoms with Gasteiger partial charge in [0.2, 0.25) is 5.91 Å².